The van der Waals surface area contributed by atoms with E-state index in [1.165, 1.54) is 11.8 Å². The number of thioether (sulfide) groups is 1. The van der Waals surface area contributed by atoms with Crippen molar-refractivity contribution in [3.05, 3.63) is 0 Å². The van der Waals surface area contributed by atoms with Crippen LogP contribution in [0.2, 0.25) is 0 Å². The Balaban J connectivity index is 3.84. The average Bonchev–Trinajstić information content (AvgIpc) is 2.38. The van der Waals surface area contributed by atoms with Crippen LogP contribution in [0, 0.1) is 0 Å². The minimum atomic E-state index is -5.49. The zero-order chi connectivity index (χ0) is 17.2. The number of carboxylic acid groups (broad SMARTS) is 1. The van der Waals surface area contributed by atoms with E-state index in [1.807, 2.05) is 6.92 Å². The van der Waals surface area contributed by atoms with Crippen molar-refractivity contribution in [3.63, 3.8) is 0 Å². The van der Waals surface area contributed by atoms with Crippen LogP contribution in [-0.2, 0) is 4.79 Å². The molecular weight excluding hydrogens is 327 g/mol. The quantitative estimate of drug-likeness (QED) is 0.372. The molecule has 0 rings (SSSR count). The molecule has 2 nitrogen and oxygen atoms in total. The summed E-state index contributed by atoms with van der Waals surface area (Å²) in [6.07, 6.45) is -2.92. The Morgan fingerprint density at radius 1 is 1.05 bits per heavy atom. The SMILES string of the molecule is CCCCCC(SCCCCCC(F)(F)C(F)(F)F)C(=O)O. The van der Waals surface area contributed by atoms with Gasteiger partial charge in [-0.05, 0) is 25.0 Å². The first-order valence-corrected chi connectivity index (χ1v) is 8.45. The lowest BCUT2D eigenvalue weighted by Gasteiger charge is -2.19. The van der Waals surface area contributed by atoms with E-state index in [0.29, 0.717) is 18.6 Å². The first kappa shape index (κ1) is 21.5. The van der Waals surface area contributed by atoms with E-state index in [9.17, 15) is 26.7 Å². The van der Waals surface area contributed by atoms with E-state index < -0.39 is 29.7 Å². The van der Waals surface area contributed by atoms with Gasteiger partial charge in [-0.25, -0.2) is 0 Å². The number of carboxylic acids is 1. The third kappa shape index (κ3) is 8.80. The number of hydrogen-bond donors (Lipinski definition) is 1. The molecule has 0 spiro atoms. The van der Waals surface area contributed by atoms with E-state index >= 15 is 0 Å². The lowest BCUT2D eigenvalue weighted by Crippen LogP contribution is -2.36. The van der Waals surface area contributed by atoms with Gasteiger partial charge in [0.1, 0.15) is 5.25 Å². The van der Waals surface area contributed by atoms with E-state index in [4.69, 9.17) is 5.11 Å². The molecule has 0 aromatic heterocycles. The predicted molar refractivity (Wildman–Crippen MR) is 77.5 cm³/mol. The smallest absolute Gasteiger partial charge is 0.453 e. The van der Waals surface area contributed by atoms with Gasteiger partial charge in [-0.2, -0.15) is 22.0 Å². The van der Waals surface area contributed by atoms with E-state index in [-0.39, 0.29) is 12.8 Å². The van der Waals surface area contributed by atoms with Crippen molar-refractivity contribution >= 4 is 17.7 Å². The highest BCUT2D eigenvalue weighted by Crippen LogP contribution is 2.39. The van der Waals surface area contributed by atoms with Gasteiger partial charge in [0.15, 0.2) is 0 Å². The van der Waals surface area contributed by atoms with Crippen molar-refractivity contribution < 1.29 is 31.9 Å². The maximum atomic E-state index is 12.6. The molecule has 0 aliphatic carbocycles. The summed E-state index contributed by atoms with van der Waals surface area (Å²) in [6.45, 7) is 2.01. The Bertz CT molecular complexity index is 321. The van der Waals surface area contributed by atoms with Crippen molar-refractivity contribution in [2.45, 2.75) is 75.6 Å². The fourth-order valence-electron chi connectivity index (χ4n) is 1.85. The molecule has 1 atom stereocenters. The minimum Gasteiger partial charge on any atom is -0.480 e. The average molecular weight is 350 g/mol. The number of hydrogen-bond acceptors (Lipinski definition) is 2. The van der Waals surface area contributed by atoms with Crippen LogP contribution in [0.5, 0.6) is 0 Å². The third-order valence-electron chi connectivity index (χ3n) is 3.21. The van der Waals surface area contributed by atoms with Crippen molar-refractivity contribution in [2.75, 3.05) is 5.75 Å². The molecule has 0 radical (unpaired) electrons. The molecule has 0 bridgehead atoms. The first-order valence-electron chi connectivity index (χ1n) is 7.40. The zero-order valence-electron chi connectivity index (χ0n) is 12.6. The number of unbranched alkanes of at least 4 members (excludes halogenated alkanes) is 4. The van der Waals surface area contributed by atoms with E-state index in [1.54, 1.807) is 0 Å². The van der Waals surface area contributed by atoms with Crippen LogP contribution >= 0.6 is 11.8 Å². The summed E-state index contributed by atoms with van der Waals surface area (Å²) in [5.74, 6) is -5.07. The monoisotopic (exact) mass is 350 g/mol. The Hall–Kier alpha value is -0.530. The maximum Gasteiger partial charge on any atom is 0.453 e. The first-order chi connectivity index (χ1) is 10.1. The molecule has 1 unspecified atom stereocenters. The molecule has 0 aromatic rings. The summed E-state index contributed by atoms with van der Waals surface area (Å²) in [4.78, 5) is 11.0. The summed E-state index contributed by atoms with van der Waals surface area (Å²) in [7, 11) is 0. The third-order valence-corrected chi connectivity index (χ3v) is 4.58. The van der Waals surface area contributed by atoms with Gasteiger partial charge >= 0.3 is 18.1 Å². The number of halogens is 5. The fourth-order valence-corrected chi connectivity index (χ4v) is 2.98. The summed E-state index contributed by atoms with van der Waals surface area (Å²) in [5.41, 5.74) is 0. The van der Waals surface area contributed by atoms with Gasteiger partial charge in [0.2, 0.25) is 0 Å². The highest BCUT2D eigenvalue weighted by molar-refractivity contribution is 8.00. The van der Waals surface area contributed by atoms with Crippen LogP contribution in [0.4, 0.5) is 22.0 Å². The van der Waals surface area contributed by atoms with Crippen LogP contribution in [0.3, 0.4) is 0 Å². The molecule has 0 saturated carbocycles. The normalized spacial score (nSPS) is 14.1. The molecule has 0 saturated heterocycles. The molecule has 8 heteroatoms. The number of alkyl halides is 5. The van der Waals surface area contributed by atoms with Gasteiger partial charge < -0.3 is 5.11 Å². The van der Waals surface area contributed by atoms with Gasteiger partial charge in [0.25, 0.3) is 0 Å². The predicted octanol–water partition coefficient (Wildman–Crippen LogP) is 5.51. The zero-order valence-corrected chi connectivity index (χ0v) is 13.4. The second-order valence-electron chi connectivity index (χ2n) is 5.21. The van der Waals surface area contributed by atoms with E-state index in [2.05, 4.69) is 0 Å². The molecule has 1 N–H and O–H groups in total. The Kier molecular flexibility index (Phi) is 10.0. The Labute approximate surface area is 131 Å². The van der Waals surface area contributed by atoms with Crippen molar-refractivity contribution in [2.24, 2.45) is 0 Å². The summed E-state index contributed by atoms with van der Waals surface area (Å²) >= 11 is 1.23. The van der Waals surface area contributed by atoms with Gasteiger partial charge in [-0.3, -0.25) is 4.79 Å². The van der Waals surface area contributed by atoms with Gasteiger partial charge in [0.05, 0.1) is 0 Å². The van der Waals surface area contributed by atoms with Gasteiger partial charge in [0, 0.05) is 6.42 Å². The number of aliphatic carboxylic acids is 1. The molecule has 22 heavy (non-hydrogen) atoms. The molecule has 0 aromatic carbocycles. The summed E-state index contributed by atoms with van der Waals surface area (Å²) in [6, 6.07) is 0. The van der Waals surface area contributed by atoms with Crippen LogP contribution in [0.25, 0.3) is 0 Å². The van der Waals surface area contributed by atoms with Crippen molar-refractivity contribution in [3.8, 4) is 0 Å². The summed E-state index contributed by atoms with van der Waals surface area (Å²) < 4.78 is 61.1. The van der Waals surface area contributed by atoms with Crippen molar-refractivity contribution in [1.29, 1.82) is 0 Å². The molecule has 0 heterocycles. The minimum absolute atomic E-state index is 0.222. The molecular formula is C14H23F5O2S. The topological polar surface area (TPSA) is 37.3 Å². The van der Waals surface area contributed by atoms with Gasteiger partial charge in [-0.1, -0.05) is 32.6 Å². The molecule has 0 aliphatic heterocycles. The lowest BCUT2D eigenvalue weighted by molar-refractivity contribution is -0.284. The Morgan fingerprint density at radius 3 is 2.18 bits per heavy atom. The maximum absolute atomic E-state index is 12.6. The largest absolute Gasteiger partial charge is 0.480 e. The van der Waals surface area contributed by atoms with Crippen LogP contribution in [0.15, 0.2) is 0 Å². The van der Waals surface area contributed by atoms with Crippen LogP contribution < -0.4 is 0 Å². The highest BCUT2D eigenvalue weighted by atomic mass is 32.2. The fraction of sp³-hybridized carbons (Fsp3) is 0.929. The van der Waals surface area contributed by atoms with Gasteiger partial charge in [-0.15, -0.1) is 11.8 Å². The Morgan fingerprint density at radius 2 is 1.68 bits per heavy atom. The number of carbonyl (C=O) groups is 1. The molecule has 132 valence electrons. The van der Waals surface area contributed by atoms with E-state index in [0.717, 1.165) is 19.3 Å². The molecule has 0 aliphatic rings. The van der Waals surface area contributed by atoms with Crippen LogP contribution in [-0.4, -0.2) is 34.2 Å². The molecule has 0 fully saturated rings. The van der Waals surface area contributed by atoms with Crippen molar-refractivity contribution in [1.82, 2.24) is 0 Å². The molecule has 0 amide bonds. The second-order valence-corrected chi connectivity index (χ2v) is 6.52. The second kappa shape index (κ2) is 10.3. The summed E-state index contributed by atoms with van der Waals surface area (Å²) in [5, 5.41) is 8.50. The number of rotatable bonds is 12. The highest BCUT2D eigenvalue weighted by Gasteiger charge is 2.56. The van der Waals surface area contributed by atoms with Crippen LogP contribution in [0.1, 0.15) is 58.3 Å². The standard InChI is InChI=1S/C14H23F5O2S/c1-2-3-5-8-11(12(20)21)22-10-7-4-6-9-13(15,16)14(17,18)19/h11H,2-10H2,1H3,(H,20,21). The lowest BCUT2D eigenvalue weighted by atomic mass is 10.1.